The molecule has 0 spiro atoms. The summed E-state index contributed by atoms with van der Waals surface area (Å²) in [5, 5.41) is 0. The van der Waals surface area contributed by atoms with E-state index in [4.69, 9.17) is 9.47 Å². The van der Waals surface area contributed by atoms with Gasteiger partial charge in [-0.15, -0.1) is 0 Å². The van der Waals surface area contributed by atoms with Crippen LogP contribution < -0.4 is 0 Å². The first-order chi connectivity index (χ1) is 7.92. The van der Waals surface area contributed by atoms with Gasteiger partial charge in [0.1, 0.15) is 5.60 Å². The van der Waals surface area contributed by atoms with Crippen LogP contribution in [0.5, 0.6) is 0 Å². The molecular weight excluding hydrogens is 238 g/mol. The fourth-order valence-electron chi connectivity index (χ4n) is 1.71. The predicted octanol–water partition coefficient (Wildman–Crippen LogP) is 2.33. The number of hydrogen-bond acceptors (Lipinski definition) is 4. The van der Waals surface area contributed by atoms with Gasteiger partial charge < -0.3 is 14.4 Å². The van der Waals surface area contributed by atoms with Gasteiger partial charge in [-0.3, -0.25) is 0 Å². The van der Waals surface area contributed by atoms with E-state index in [-0.39, 0.29) is 12.2 Å². The van der Waals surface area contributed by atoms with Gasteiger partial charge in [-0.1, -0.05) is 0 Å². The maximum absolute atomic E-state index is 11.9. The average molecular weight is 261 g/mol. The van der Waals surface area contributed by atoms with Gasteiger partial charge in [-0.2, -0.15) is 12.6 Å². The molecule has 1 unspecified atom stereocenters. The van der Waals surface area contributed by atoms with Crippen molar-refractivity contribution in [1.82, 2.24) is 4.90 Å². The summed E-state index contributed by atoms with van der Waals surface area (Å²) in [7, 11) is 0. The van der Waals surface area contributed by atoms with Gasteiger partial charge in [-0.25, -0.2) is 4.79 Å². The third-order valence-corrected chi connectivity index (χ3v) is 2.71. The van der Waals surface area contributed by atoms with Crippen molar-refractivity contribution in [3.63, 3.8) is 0 Å². The normalized spacial score (nSPS) is 22.1. The van der Waals surface area contributed by atoms with Gasteiger partial charge >= 0.3 is 6.09 Å². The first-order valence-corrected chi connectivity index (χ1v) is 6.76. The third kappa shape index (κ3) is 5.64. The summed E-state index contributed by atoms with van der Waals surface area (Å²) in [6.45, 7) is 7.66. The molecule has 1 amide bonds. The molecule has 0 aromatic rings. The van der Waals surface area contributed by atoms with Crippen LogP contribution in [-0.4, -0.2) is 48.1 Å². The minimum absolute atomic E-state index is 0.0857. The average Bonchev–Trinajstić information content (AvgIpc) is 2.41. The number of amides is 1. The van der Waals surface area contributed by atoms with Crippen LogP contribution >= 0.6 is 12.6 Å². The van der Waals surface area contributed by atoms with Crippen LogP contribution in [0.25, 0.3) is 0 Å². The highest BCUT2D eigenvalue weighted by molar-refractivity contribution is 7.80. The second kappa shape index (κ2) is 6.50. The number of carbonyl (C=O) groups is 1. The minimum atomic E-state index is -0.441. The van der Waals surface area contributed by atoms with Crippen LogP contribution in [0.4, 0.5) is 4.79 Å². The lowest BCUT2D eigenvalue weighted by atomic mass is 10.2. The molecule has 1 rings (SSSR count). The molecule has 1 heterocycles. The van der Waals surface area contributed by atoms with Crippen molar-refractivity contribution in [3.05, 3.63) is 0 Å². The second-order valence-electron chi connectivity index (χ2n) is 5.28. The molecule has 0 radical (unpaired) electrons. The number of carbonyl (C=O) groups excluding carboxylic acids is 1. The Bertz CT molecular complexity index is 253. The van der Waals surface area contributed by atoms with E-state index in [1.165, 1.54) is 0 Å². The second-order valence-corrected chi connectivity index (χ2v) is 5.73. The lowest BCUT2D eigenvalue weighted by Crippen LogP contribution is -2.40. The molecular formula is C12H23NO3S. The zero-order chi connectivity index (χ0) is 12.9. The SMILES string of the molecule is CC(C)(C)OC(=O)N1CCCOC(CCS)C1. The molecule has 0 aliphatic carbocycles. The molecule has 1 atom stereocenters. The topological polar surface area (TPSA) is 38.8 Å². The number of hydrogen-bond donors (Lipinski definition) is 1. The molecule has 4 nitrogen and oxygen atoms in total. The van der Waals surface area contributed by atoms with E-state index in [1.54, 1.807) is 4.90 Å². The lowest BCUT2D eigenvalue weighted by Gasteiger charge is -2.27. The summed E-state index contributed by atoms with van der Waals surface area (Å²) < 4.78 is 11.0. The van der Waals surface area contributed by atoms with Crippen molar-refractivity contribution >= 4 is 18.7 Å². The Morgan fingerprint density at radius 3 is 2.82 bits per heavy atom. The summed E-state index contributed by atoms with van der Waals surface area (Å²) in [6.07, 6.45) is 1.57. The van der Waals surface area contributed by atoms with E-state index in [1.807, 2.05) is 20.8 Å². The Hall–Kier alpha value is -0.420. The summed E-state index contributed by atoms with van der Waals surface area (Å²) >= 11 is 4.20. The molecule has 1 aliphatic heterocycles. The van der Waals surface area contributed by atoms with Gasteiger partial charge in [0.25, 0.3) is 0 Å². The highest BCUT2D eigenvalue weighted by Crippen LogP contribution is 2.14. The first-order valence-electron chi connectivity index (χ1n) is 6.13. The van der Waals surface area contributed by atoms with Crippen LogP contribution in [0.2, 0.25) is 0 Å². The van der Waals surface area contributed by atoms with Crippen LogP contribution in [0.1, 0.15) is 33.6 Å². The van der Waals surface area contributed by atoms with Crippen molar-refractivity contribution in [3.8, 4) is 0 Å². The lowest BCUT2D eigenvalue weighted by molar-refractivity contribution is 0.0140. The Morgan fingerprint density at radius 2 is 2.24 bits per heavy atom. The molecule has 1 aliphatic rings. The van der Waals surface area contributed by atoms with Gasteiger partial charge in [0.15, 0.2) is 0 Å². The van der Waals surface area contributed by atoms with E-state index >= 15 is 0 Å². The predicted molar refractivity (Wildman–Crippen MR) is 70.6 cm³/mol. The Morgan fingerprint density at radius 1 is 1.53 bits per heavy atom. The number of thiol groups is 1. The van der Waals surface area contributed by atoms with Crippen LogP contribution in [-0.2, 0) is 9.47 Å². The fourth-order valence-corrected chi connectivity index (χ4v) is 1.99. The third-order valence-electron chi connectivity index (χ3n) is 2.45. The van der Waals surface area contributed by atoms with E-state index in [0.29, 0.717) is 19.7 Å². The van der Waals surface area contributed by atoms with Crippen molar-refractivity contribution in [2.24, 2.45) is 0 Å². The van der Waals surface area contributed by atoms with Crippen molar-refractivity contribution in [1.29, 1.82) is 0 Å². The van der Waals surface area contributed by atoms with E-state index in [2.05, 4.69) is 12.6 Å². The molecule has 1 fully saturated rings. The smallest absolute Gasteiger partial charge is 0.410 e. The number of rotatable bonds is 2. The summed E-state index contributed by atoms with van der Waals surface area (Å²) in [5.74, 6) is 0.771. The highest BCUT2D eigenvalue weighted by atomic mass is 32.1. The standard InChI is InChI=1S/C12H23NO3S/c1-12(2,3)16-11(14)13-6-4-7-15-10(9-13)5-8-17/h10,17H,4-9H2,1-3H3. The van der Waals surface area contributed by atoms with E-state index < -0.39 is 5.60 Å². The zero-order valence-electron chi connectivity index (χ0n) is 10.9. The van der Waals surface area contributed by atoms with Crippen LogP contribution in [0.15, 0.2) is 0 Å². The quantitative estimate of drug-likeness (QED) is 0.775. The molecule has 1 saturated heterocycles. The van der Waals surface area contributed by atoms with Crippen molar-refractivity contribution < 1.29 is 14.3 Å². The maximum Gasteiger partial charge on any atom is 0.410 e. The summed E-state index contributed by atoms with van der Waals surface area (Å²) in [4.78, 5) is 13.7. The zero-order valence-corrected chi connectivity index (χ0v) is 11.8. The number of ether oxygens (including phenoxy) is 2. The highest BCUT2D eigenvalue weighted by Gasteiger charge is 2.26. The molecule has 17 heavy (non-hydrogen) atoms. The first kappa shape index (κ1) is 14.6. The van der Waals surface area contributed by atoms with Gasteiger partial charge in [-0.05, 0) is 39.4 Å². The molecule has 0 aromatic carbocycles. The summed E-state index contributed by atoms with van der Waals surface area (Å²) in [5.41, 5.74) is -0.441. The summed E-state index contributed by atoms with van der Waals surface area (Å²) in [6, 6.07) is 0. The Balaban J connectivity index is 2.53. The number of nitrogens with zero attached hydrogens (tertiary/aromatic N) is 1. The Kier molecular flexibility index (Phi) is 5.59. The largest absolute Gasteiger partial charge is 0.444 e. The minimum Gasteiger partial charge on any atom is -0.444 e. The van der Waals surface area contributed by atoms with Crippen LogP contribution in [0.3, 0.4) is 0 Å². The van der Waals surface area contributed by atoms with Crippen LogP contribution in [0, 0.1) is 0 Å². The Labute approximate surface area is 109 Å². The monoisotopic (exact) mass is 261 g/mol. The van der Waals surface area contributed by atoms with E-state index in [9.17, 15) is 4.79 Å². The maximum atomic E-state index is 11.9. The molecule has 0 bridgehead atoms. The van der Waals surface area contributed by atoms with Crippen molar-refractivity contribution in [2.45, 2.75) is 45.3 Å². The van der Waals surface area contributed by atoms with Crippen molar-refractivity contribution in [2.75, 3.05) is 25.4 Å². The molecule has 0 N–H and O–H groups in total. The van der Waals surface area contributed by atoms with E-state index in [0.717, 1.165) is 18.6 Å². The molecule has 100 valence electrons. The van der Waals surface area contributed by atoms with Gasteiger partial charge in [0.05, 0.1) is 12.6 Å². The van der Waals surface area contributed by atoms with Gasteiger partial charge in [0.2, 0.25) is 0 Å². The molecule has 5 heteroatoms. The fraction of sp³-hybridized carbons (Fsp3) is 0.917. The molecule has 0 aromatic heterocycles. The molecule has 0 saturated carbocycles. The van der Waals surface area contributed by atoms with Gasteiger partial charge in [0, 0.05) is 13.2 Å².